The smallest absolute Gasteiger partial charge is 0.343 e. The van der Waals surface area contributed by atoms with Crippen LogP contribution in [0.4, 0.5) is 17.5 Å². The first kappa shape index (κ1) is 25.4. The van der Waals surface area contributed by atoms with Crippen LogP contribution >= 0.6 is 0 Å². The van der Waals surface area contributed by atoms with Crippen molar-refractivity contribution in [3.8, 4) is 17.3 Å². The van der Waals surface area contributed by atoms with Crippen LogP contribution in [0.5, 0.6) is 0 Å². The van der Waals surface area contributed by atoms with Crippen molar-refractivity contribution in [2.75, 3.05) is 56.8 Å². The van der Waals surface area contributed by atoms with E-state index < -0.39 is 10.9 Å². The first-order valence-electron chi connectivity index (χ1n) is 11.5. The minimum atomic E-state index is -0.552. The van der Waals surface area contributed by atoms with E-state index in [4.69, 9.17) is 14.7 Å². The number of morpholine rings is 1. The number of nitrogens with one attached hydrogen (secondary N) is 2. The van der Waals surface area contributed by atoms with Crippen molar-refractivity contribution in [1.82, 2.24) is 19.9 Å². The average molecular weight is 505 g/mol. The fraction of sp³-hybridized carbons (Fsp3) is 0.292. The molecule has 0 spiro atoms. The molecule has 1 aromatic carbocycles. The van der Waals surface area contributed by atoms with Gasteiger partial charge in [0.15, 0.2) is 0 Å². The molecule has 2 aromatic heterocycles. The number of benzene rings is 1. The van der Waals surface area contributed by atoms with Crippen LogP contribution in [0.2, 0.25) is 0 Å². The van der Waals surface area contributed by atoms with E-state index in [0.29, 0.717) is 68.0 Å². The van der Waals surface area contributed by atoms with E-state index in [-0.39, 0.29) is 18.0 Å². The molecule has 0 radical (unpaired) electrons. The van der Waals surface area contributed by atoms with Crippen LogP contribution in [0.25, 0.3) is 11.3 Å². The minimum absolute atomic E-state index is 0.0871. The van der Waals surface area contributed by atoms with Gasteiger partial charge in [-0.2, -0.15) is 5.26 Å². The molecule has 1 aliphatic rings. The van der Waals surface area contributed by atoms with Crippen molar-refractivity contribution < 1.29 is 19.2 Å². The third kappa shape index (κ3) is 6.94. The molecule has 190 valence electrons. The first-order valence-corrected chi connectivity index (χ1v) is 11.5. The quantitative estimate of drug-likeness (QED) is 0.179. The molecule has 1 fully saturated rings. The Kier molecular flexibility index (Phi) is 8.48. The summed E-state index contributed by atoms with van der Waals surface area (Å²) < 4.78 is 10.8. The van der Waals surface area contributed by atoms with Crippen LogP contribution < -0.4 is 10.6 Å². The van der Waals surface area contributed by atoms with Gasteiger partial charge in [-0.1, -0.05) is 12.1 Å². The largest absolute Gasteiger partial charge is 0.446 e. The second-order valence-corrected chi connectivity index (χ2v) is 7.95. The second kappa shape index (κ2) is 12.3. The van der Waals surface area contributed by atoms with Crippen LogP contribution in [0.1, 0.15) is 15.9 Å². The van der Waals surface area contributed by atoms with E-state index in [1.807, 2.05) is 4.90 Å². The minimum Gasteiger partial charge on any atom is -0.446 e. The number of nitriles is 1. The third-order valence-electron chi connectivity index (χ3n) is 5.45. The molecule has 4 rings (SSSR count). The Hall–Kier alpha value is -4.67. The summed E-state index contributed by atoms with van der Waals surface area (Å²) in [7, 11) is 0. The summed E-state index contributed by atoms with van der Waals surface area (Å²) in [5.41, 5.74) is 1.61. The summed E-state index contributed by atoms with van der Waals surface area (Å²) in [4.78, 5) is 37.9. The van der Waals surface area contributed by atoms with Crippen molar-refractivity contribution in [1.29, 1.82) is 5.26 Å². The zero-order chi connectivity index (χ0) is 26.0. The number of ether oxygens (including phenoxy) is 2. The Morgan fingerprint density at radius 3 is 2.54 bits per heavy atom. The standard InChI is InChI=1S/C24H24N8O5/c25-13-17-1-3-18(4-2-17)22-20(23(33)37-16-31-9-11-36-12-10-31)15-29-24(30-22)27-8-7-26-21-6-5-19(14-28-21)32(34)35/h1-6,14-15H,7-12,16H2,(H,26,28)(H,27,29,30). The average Bonchev–Trinajstić information content (AvgIpc) is 2.95. The Morgan fingerprint density at radius 2 is 1.86 bits per heavy atom. The summed E-state index contributed by atoms with van der Waals surface area (Å²) in [5.74, 6) is 0.232. The summed E-state index contributed by atoms with van der Waals surface area (Å²) in [6, 6.07) is 11.7. The zero-order valence-corrected chi connectivity index (χ0v) is 19.8. The number of carbonyl (C=O) groups is 1. The summed E-state index contributed by atoms with van der Waals surface area (Å²) in [6.07, 6.45) is 2.59. The molecule has 0 atom stereocenters. The van der Waals surface area contributed by atoms with Gasteiger partial charge in [0.1, 0.15) is 24.3 Å². The maximum atomic E-state index is 12.9. The Labute approximate surface area is 212 Å². The lowest BCUT2D eigenvalue weighted by Crippen LogP contribution is -2.38. The van der Waals surface area contributed by atoms with Gasteiger partial charge >= 0.3 is 5.97 Å². The monoisotopic (exact) mass is 504 g/mol. The maximum absolute atomic E-state index is 12.9. The van der Waals surface area contributed by atoms with Crippen molar-refractivity contribution in [3.63, 3.8) is 0 Å². The molecule has 0 amide bonds. The molecule has 13 heteroatoms. The highest BCUT2D eigenvalue weighted by atomic mass is 16.6. The van der Waals surface area contributed by atoms with E-state index in [0.717, 1.165) is 0 Å². The number of hydrogen-bond donors (Lipinski definition) is 2. The van der Waals surface area contributed by atoms with Gasteiger partial charge in [0, 0.05) is 44.0 Å². The summed E-state index contributed by atoms with van der Waals surface area (Å²) >= 11 is 0. The number of carbonyl (C=O) groups excluding carboxylic acids is 1. The van der Waals surface area contributed by atoms with Gasteiger partial charge in [-0.3, -0.25) is 15.0 Å². The molecule has 0 unspecified atom stereocenters. The van der Waals surface area contributed by atoms with Crippen molar-refractivity contribution >= 4 is 23.4 Å². The van der Waals surface area contributed by atoms with Crippen LogP contribution in [-0.4, -0.2) is 76.9 Å². The first-order chi connectivity index (χ1) is 18.0. The Balaban J connectivity index is 1.43. The normalized spacial score (nSPS) is 13.4. The van der Waals surface area contributed by atoms with Gasteiger partial charge in [-0.25, -0.2) is 19.7 Å². The number of nitrogens with zero attached hydrogens (tertiary/aromatic N) is 6. The van der Waals surface area contributed by atoms with Crippen LogP contribution in [0, 0.1) is 21.4 Å². The molecular formula is C24H24N8O5. The third-order valence-corrected chi connectivity index (χ3v) is 5.45. The summed E-state index contributed by atoms with van der Waals surface area (Å²) in [6.45, 7) is 3.52. The topological polar surface area (TPSA) is 168 Å². The van der Waals surface area contributed by atoms with Crippen molar-refractivity contribution in [3.05, 3.63) is 70.0 Å². The van der Waals surface area contributed by atoms with E-state index in [9.17, 15) is 14.9 Å². The van der Waals surface area contributed by atoms with E-state index in [2.05, 4.69) is 31.7 Å². The Bertz CT molecular complexity index is 1270. The van der Waals surface area contributed by atoms with Crippen molar-refractivity contribution in [2.45, 2.75) is 0 Å². The summed E-state index contributed by atoms with van der Waals surface area (Å²) in [5, 5.41) is 26.0. The number of rotatable bonds is 10. The van der Waals surface area contributed by atoms with E-state index in [1.165, 1.54) is 24.5 Å². The molecule has 0 saturated carbocycles. The lowest BCUT2D eigenvalue weighted by Gasteiger charge is -2.25. The molecule has 2 N–H and O–H groups in total. The van der Waals surface area contributed by atoms with Gasteiger partial charge in [0.25, 0.3) is 5.69 Å². The van der Waals surface area contributed by atoms with Gasteiger partial charge < -0.3 is 20.1 Å². The molecule has 3 aromatic rings. The molecular weight excluding hydrogens is 480 g/mol. The van der Waals surface area contributed by atoms with Crippen LogP contribution in [0.15, 0.2) is 48.8 Å². The molecule has 3 heterocycles. The fourth-order valence-corrected chi connectivity index (χ4v) is 3.46. The van der Waals surface area contributed by atoms with Gasteiger partial charge in [0.2, 0.25) is 5.95 Å². The fourth-order valence-electron chi connectivity index (χ4n) is 3.46. The maximum Gasteiger partial charge on any atom is 0.343 e. The van der Waals surface area contributed by atoms with E-state index >= 15 is 0 Å². The highest BCUT2D eigenvalue weighted by molar-refractivity contribution is 5.96. The van der Waals surface area contributed by atoms with Crippen molar-refractivity contribution in [2.24, 2.45) is 0 Å². The van der Waals surface area contributed by atoms with Gasteiger partial charge in [-0.05, 0) is 18.2 Å². The number of pyridine rings is 1. The molecule has 1 saturated heterocycles. The molecule has 0 bridgehead atoms. The molecule has 0 aliphatic carbocycles. The molecule has 13 nitrogen and oxygen atoms in total. The van der Waals surface area contributed by atoms with Crippen LogP contribution in [0.3, 0.4) is 0 Å². The number of nitro groups is 1. The zero-order valence-electron chi connectivity index (χ0n) is 19.8. The predicted molar refractivity (Wildman–Crippen MR) is 133 cm³/mol. The van der Waals surface area contributed by atoms with Gasteiger partial charge in [-0.15, -0.1) is 0 Å². The number of anilines is 2. The van der Waals surface area contributed by atoms with Gasteiger partial charge in [0.05, 0.1) is 35.5 Å². The number of esters is 1. The predicted octanol–water partition coefficient (Wildman–Crippen LogP) is 2.29. The second-order valence-electron chi connectivity index (χ2n) is 7.95. The lowest BCUT2D eigenvalue weighted by atomic mass is 10.1. The highest BCUT2D eigenvalue weighted by Crippen LogP contribution is 2.24. The molecule has 37 heavy (non-hydrogen) atoms. The highest BCUT2D eigenvalue weighted by Gasteiger charge is 2.20. The lowest BCUT2D eigenvalue weighted by molar-refractivity contribution is -0.385. The van der Waals surface area contributed by atoms with E-state index in [1.54, 1.807) is 24.3 Å². The van der Waals surface area contributed by atoms with Crippen LogP contribution in [-0.2, 0) is 9.47 Å². The SMILES string of the molecule is N#Cc1ccc(-c2nc(NCCNc3ccc([N+](=O)[O-])cn3)ncc2C(=O)OCN2CCOCC2)cc1. The number of hydrogen-bond acceptors (Lipinski definition) is 12. The number of aromatic nitrogens is 3. The Morgan fingerprint density at radius 1 is 1.11 bits per heavy atom. The molecule has 1 aliphatic heterocycles.